The molecule has 2 aliphatic rings. The highest BCUT2D eigenvalue weighted by atomic mass is 32.2. The van der Waals surface area contributed by atoms with E-state index in [0.29, 0.717) is 30.1 Å². The van der Waals surface area contributed by atoms with Crippen LogP contribution in [0, 0.1) is 11.3 Å². The fourth-order valence-electron chi connectivity index (χ4n) is 4.98. The quantitative estimate of drug-likeness (QED) is 0.673. The average molecular weight is 428 g/mol. The van der Waals surface area contributed by atoms with Crippen molar-refractivity contribution in [2.24, 2.45) is 18.4 Å². The second kappa shape index (κ2) is 7.08. The first-order chi connectivity index (χ1) is 14.4. The second-order valence-electron chi connectivity index (χ2n) is 8.53. The zero-order valence-corrected chi connectivity index (χ0v) is 17.7. The largest absolute Gasteiger partial charge is 0.419 e. The van der Waals surface area contributed by atoms with Crippen molar-refractivity contribution in [2.75, 3.05) is 26.2 Å². The van der Waals surface area contributed by atoms with Gasteiger partial charge < -0.3 is 9.73 Å². The molecule has 0 bridgehead atoms. The summed E-state index contributed by atoms with van der Waals surface area (Å²) in [5, 5.41) is 3.47. The van der Waals surface area contributed by atoms with E-state index in [4.69, 9.17) is 4.42 Å². The van der Waals surface area contributed by atoms with Crippen LogP contribution >= 0.6 is 0 Å². The lowest BCUT2D eigenvalue weighted by atomic mass is 9.76. The molecule has 8 heteroatoms. The Labute approximate surface area is 175 Å². The predicted molar refractivity (Wildman–Crippen MR) is 114 cm³/mol. The van der Waals surface area contributed by atoms with Gasteiger partial charge in [0.05, 0.1) is 10.4 Å². The molecule has 2 aliphatic heterocycles. The lowest BCUT2D eigenvalue weighted by Gasteiger charge is -2.28. The standard InChI is InChI=1S/C22H25N3O4S/c1-24-19-8-7-18(11-20(19)29-21(24)26)30(27,28)25-13-17-12-23-14-22(17,15-25)10-9-16-5-3-2-4-6-16/h2-8,11,17,23H,9-10,12-15H2,1H3. The van der Waals surface area contributed by atoms with Crippen LogP contribution in [0.25, 0.3) is 11.1 Å². The van der Waals surface area contributed by atoms with Crippen molar-refractivity contribution in [3.05, 3.63) is 64.6 Å². The molecule has 30 heavy (non-hydrogen) atoms. The average Bonchev–Trinajstić information content (AvgIpc) is 3.38. The highest BCUT2D eigenvalue weighted by Gasteiger charge is 2.52. The number of fused-ring (bicyclic) bond motifs is 2. The van der Waals surface area contributed by atoms with E-state index in [9.17, 15) is 13.2 Å². The van der Waals surface area contributed by atoms with Crippen LogP contribution in [-0.4, -0.2) is 43.5 Å². The van der Waals surface area contributed by atoms with Crippen LogP contribution in [0.4, 0.5) is 0 Å². The maximum Gasteiger partial charge on any atom is 0.419 e. The van der Waals surface area contributed by atoms with Gasteiger partial charge in [-0.25, -0.2) is 13.2 Å². The monoisotopic (exact) mass is 427 g/mol. The fraction of sp³-hybridized carbons (Fsp3) is 0.409. The molecule has 7 nitrogen and oxygen atoms in total. The van der Waals surface area contributed by atoms with E-state index >= 15 is 0 Å². The van der Waals surface area contributed by atoms with Gasteiger partial charge in [0.1, 0.15) is 0 Å². The van der Waals surface area contributed by atoms with E-state index in [2.05, 4.69) is 17.4 Å². The molecule has 3 aromatic rings. The highest BCUT2D eigenvalue weighted by molar-refractivity contribution is 7.89. The predicted octanol–water partition coefficient (Wildman–Crippen LogP) is 1.97. The summed E-state index contributed by atoms with van der Waals surface area (Å²) in [5.74, 6) is -0.199. The van der Waals surface area contributed by atoms with Gasteiger partial charge in [-0.3, -0.25) is 4.57 Å². The summed E-state index contributed by atoms with van der Waals surface area (Å²) in [6, 6.07) is 15.0. The topological polar surface area (TPSA) is 84.5 Å². The van der Waals surface area contributed by atoms with E-state index in [1.54, 1.807) is 23.5 Å². The summed E-state index contributed by atoms with van der Waals surface area (Å²) >= 11 is 0. The van der Waals surface area contributed by atoms with Gasteiger partial charge in [-0.1, -0.05) is 30.3 Å². The molecule has 5 rings (SSSR count). The van der Waals surface area contributed by atoms with Gasteiger partial charge in [0.25, 0.3) is 0 Å². The smallest absolute Gasteiger partial charge is 0.408 e. The third kappa shape index (κ3) is 3.10. The van der Waals surface area contributed by atoms with Gasteiger partial charge in [-0.15, -0.1) is 0 Å². The third-order valence-corrected chi connectivity index (χ3v) is 8.61. The molecule has 2 fully saturated rings. The molecular weight excluding hydrogens is 402 g/mol. The summed E-state index contributed by atoms with van der Waals surface area (Å²) in [7, 11) is -2.06. The fourth-order valence-corrected chi connectivity index (χ4v) is 6.57. The first-order valence-electron chi connectivity index (χ1n) is 10.2. The van der Waals surface area contributed by atoms with Crippen molar-refractivity contribution in [3.63, 3.8) is 0 Å². The van der Waals surface area contributed by atoms with Gasteiger partial charge >= 0.3 is 5.76 Å². The normalized spacial score (nSPS) is 24.5. The molecule has 0 spiro atoms. The molecule has 0 saturated carbocycles. The molecular formula is C22H25N3O4S. The van der Waals surface area contributed by atoms with Crippen LogP contribution in [0.1, 0.15) is 12.0 Å². The van der Waals surface area contributed by atoms with E-state index in [1.165, 1.54) is 16.2 Å². The van der Waals surface area contributed by atoms with Crippen LogP contribution in [0.3, 0.4) is 0 Å². The molecule has 0 radical (unpaired) electrons. The zero-order valence-electron chi connectivity index (χ0n) is 16.9. The number of hydrogen-bond donors (Lipinski definition) is 1. The lowest BCUT2D eigenvalue weighted by Crippen LogP contribution is -2.36. The third-order valence-electron chi connectivity index (χ3n) is 6.81. The van der Waals surface area contributed by atoms with E-state index < -0.39 is 15.8 Å². The van der Waals surface area contributed by atoms with Crippen LogP contribution < -0.4 is 11.1 Å². The number of sulfonamides is 1. The van der Waals surface area contributed by atoms with Crippen molar-refractivity contribution in [2.45, 2.75) is 17.7 Å². The maximum atomic E-state index is 13.4. The lowest BCUT2D eigenvalue weighted by molar-refractivity contribution is 0.265. The number of aryl methyl sites for hydroxylation is 2. The molecule has 3 heterocycles. The van der Waals surface area contributed by atoms with E-state index in [-0.39, 0.29) is 10.3 Å². The minimum atomic E-state index is -3.66. The number of oxazole rings is 1. The van der Waals surface area contributed by atoms with Crippen LogP contribution in [0.5, 0.6) is 0 Å². The zero-order chi connectivity index (χ0) is 20.9. The number of nitrogens with zero attached hydrogens (tertiary/aromatic N) is 2. The molecule has 158 valence electrons. The Hall–Kier alpha value is -2.42. The highest BCUT2D eigenvalue weighted by Crippen LogP contribution is 2.44. The molecule has 2 atom stereocenters. The molecule has 1 N–H and O–H groups in total. The Kier molecular flexibility index (Phi) is 4.61. The van der Waals surface area contributed by atoms with Crippen molar-refractivity contribution < 1.29 is 12.8 Å². The summed E-state index contributed by atoms with van der Waals surface area (Å²) < 4.78 is 35.0. The minimum Gasteiger partial charge on any atom is -0.408 e. The first-order valence-corrected chi connectivity index (χ1v) is 11.7. The van der Waals surface area contributed by atoms with Crippen LogP contribution in [0.2, 0.25) is 0 Å². The van der Waals surface area contributed by atoms with Crippen molar-refractivity contribution in [1.82, 2.24) is 14.2 Å². The Morgan fingerprint density at radius 2 is 2.00 bits per heavy atom. The Balaban J connectivity index is 1.41. The first kappa shape index (κ1) is 19.5. The van der Waals surface area contributed by atoms with Crippen molar-refractivity contribution in [3.8, 4) is 0 Å². The van der Waals surface area contributed by atoms with Gasteiger partial charge in [-0.2, -0.15) is 4.31 Å². The summed E-state index contributed by atoms with van der Waals surface area (Å²) in [4.78, 5) is 11.9. The number of hydrogen-bond acceptors (Lipinski definition) is 5. The van der Waals surface area contributed by atoms with E-state index in [1.807, 2.05) is 18.2 Å². The molecule has 2 saturated heterocycles. The Bertz CT molecular complexity index is 1250. The minimum absolute atomic E-state index is 0.0493. The van der Waals surface area contributed by atoms with Gasteiger partial charge in [0, 0.05) is 38.2 Å². The van der Waals surface area contributed by atoms with Gasteiger partial charge in [0.2, 0.25) is 10.0 Å². The van der Waals surface area contributed by atoms with Crippen LogP contribution in [0.15, 0.2) is 62.6 Å². The molecule has 1 aromatic heterocycles. The SMILES string of the molecule is Cn1c(=O)oc2cc(S(=O)(=O)N3CC4CNCC4(CCc4ccccc4)C3)ccc21. The number of aromatic nitrogens is 1. The Morgan fingerprint density at radius 3 is 2.80 bits per heavy atom. The molecule has 0 amide bonds. The van der Waals surface area contributed by atoms with Gasteiger partial charge in [-0.05, 0) is 43.0 Å². The number of rotatable bonds is 5. The molecule has 0 aliphatic carbocycles. The second-order valence-corrected chi connectivity index (χ2v) is 10.5. The van der Waals surface area contributed by atoms with Gasteiger partial charge in [0.15, 0.2) is 5.58 Å². The van der Waals surface area contributed by atoms with Crippen molar-refractivity contribution >= 4 is 21.1 Å². The number of benzene rings is 2. The maximum absolute atomic E-state index is 13.4. The van der Waals surface area contributed by atoms with E-state index in [0.717, 1.165) is 25.9 Å². The molecule has 2 unspecified atom stereocenters. The number of nitrogens with one attached hydrogen (secondary N) is 1. The van der Waals surface area contributed by atoms with Crippen molar-refractivity contribution in [1.29, 1.82) is 0 Å². The Morgan fingerprint density at radius 1 is 1.20 bits per heavy atom. The summed E-state index contributed by atoms with van der Waals surface area (Å²) in [5.41, 5.74) is 2.11. The summed E-state index contributed by atoms with van der Waals surface area (Å²) in [6.07, 6.45) is 1.89. The summed E-state index contributed by atoms with van der Waals surface area (Å²) in [6.45, 7) is 2.70. The van der Waals surface area contributed by atoms with Crippen LogP contribution in [-0.2, 0) is 23.5 Å². The molecule has 2 aromatic carbocycles.